The van der Waals surface area contributed by atoms with E-state index in [0.29, 0.717) is 16.3 Å². The van der Waals surface area contributed by atoms with Gasteiger partial charge in [0.25, 0.3) is 0 Å². The lowest BCUT2D eigenvalue weighted by Crippen LogP contribution is -2.13. The minimum Gasteiger partial charge on any atom is -0.465 e. The molecule has 0 amide bonds. The van der Waals surface area contributed by atoms with Crippen molar-refractivity contribution in [1.29, 1.82) is 0 Å². The van der Waals surface area contributed by atoms with Gasteiger partial charge in [0, 0.05) is 15.7 Å². The normalized spacial score (nSPS) is 16.4. The van der Waals surface area contributed by atoms with Crippen LogP contribution in [0.25, 0.3) is 0 Å². The maximum atomic E-state index is 11.9. The van der Waals surface area contributed by atoms with Gasteiger partial charge in [-0.25, -0.2) is 4.79 Å². The van der Waals surface area contributed by atoms with E-state index < -0.39 is 0 Å². The summed E-state index contributed by atoms with van der Waals surface area (Å²) in [5.74, 6) is 0.556. The van der Waals surface area contributed by atoms with Crippen LogP contribution < -0.4 is 5.32 Å². The van der Waals surface area contributed by atoms with E-state index in [1.165, 1.54) is 17.6 Å². The first-order chi connectivity index (χ1) is 10.2. The minimum atomic E-state index is -0.367. The van der Waals surface area contributed by atoms with Gasteiger partial charge in [-0.05, 0) is 29.8 Å². The highest BCUT2D eigenvalue weighted by atomic mass is 35.5. The van der Waals surface area contributed by atoms with E-state index in [1.54, 1.807) is 18.2 Å². The molecule has 1 aliphatic heterocycles. The average Bonchev–Trinajstić information content (AvgIpc) is 2.90. The Morgan fingerprint density at radius 3 is 2.95 bits per heavy atom. The van der Waals surface area contributed by atoms with Crippen LogP contribution >= 0.6 is 23.4 Å². The molecule has 0 aromatic heterocycles. The fourth-order valence-corrected chi connectivity index (χ4v) is 3.73. The number of benzene rings is 2. The van der Waals surface area contributed by atoms with Crippen molar-refractivity contribution in [3.05, 3.63) is 58.6 Å². The molecule has 0 radical (unpaired) electrons. The lowest BCUT2D eigenvalue weighted by molar-refractivity contribution is 0.0602. The summed E-state index contributed by atoms with van der Waals surface area (Å²) >= 11 is 7.86. The number of ether oxygens (including phenoxy) is 1. The predicted molar refractivity (Wildman–Crippen MR) is 86.3 cm³/mol. The quantitative estimate of drug-likeness (QED) is 0.852. The molecule has 3 nitrogen and oxygen atoms in total. The Balaban J connectivity index is 1.92. The number of carbonyl (C=O) groups is 1. The zero-order valence-electron chi connectivity index (χ0n) is 11.4. The molecule has 0 saturated heterocycles. The minimum absolute atomic E-state index is 0.160. The number of rotatable bonds is 3. The average molecular weight is 320 g/mol. The Kier molecular flexibility index (Phi) is 4.08. The van der Waals surface area contributed by atoms with Gasteiger partial charge in [0.2, 0.25) is 0 Å². The third-order valence-corrected chi connectivity index (χ3v) is 4.83. The van der Waals surface area contributed by atoms with Crippen molar-refractivity contribution in [2.24, 2.45) is 0 Å². The van der Waals surface area contributed by atoms with Crippen molar-refractivity contribution in [2.45, 2.75) is 10.9 Å². The molecule has 0 fully saturated rings. The monoisotopic (exact) mass is 319 g/mol. The smallest absolute Gasteiger partial charge is 0.339 e. The molecule has 0 saturated carbocycles. The number of halogens is 1. The molecule has 5 heteroatoms. The summed E-state index contributed by atoms with van der Waals surface area (Å²) < 4.78 is 4.82. The van der Waals surface area contributed by atoms with E-state index in [0.717, 1.165) is 5.75 Å². The number of methoxy groups -OCH3 is 1. The van der Waals surface area contributed by atoms with Gasteiger partial charge in [-0.3, -0.25) is 0 Å². The molecule has 2 aromatic carbocycles. The molecule has 1 N–H and O–H groups in total. The van der Waals surface area contributed by atoms with Crippen LogP contribution in [0, 0.1) is 0 Å². The van der Waals surface area contributed by atoms with Gasteiger partial charge < -0.3 is 10.1 Å². The molecule has 1 aliphatic rings. The molecule has 2 aromatic rings. The van der Waals surface area contributed by atoms with E-state index in [4.69, 9.17) is 16.3 Å². The number of anilines is 1. The first-order valence-electron chi connectivity index (χ1n) is 6.55. The Morgan fingerprint density at radius 2 is 2.14 bits per heavy atom. The Hall–Kier alpha value is -1.65. The lowest BCUT2D eigenvalue weighted by Gasteiger charge is -2.17. The highest BCUT2D eigenvalue weighted by Gasteiger charge is 2.24. The second-order valence-corrected chi connectivity index (χ2v) is 6.23. The molecule has 0 bridgehead atoms. The largest absolute Gasteiger partial charge is 0.465 e. The number of hydrogen-bond acceptors (Lipinski definition) is 4. The summed E-state index contributed by atoms with van der Waals surface area (Å²) in [6.45, 7) is 0. The van der Waals surface area contributed by atoms with E-state index in [9.17, 15) is 4.79 Å². The van der Waals surface area contributed by atoms with Crippen molar-refractivity contribution in [2.75, 3.05) is 18.2 Å². The molecular weight excluding hydrogens is 306 g/mol. The van der Waals surface area contributed by atoms with Crippen LogP contribution in [-0.4, -0.2) is 18.8 Å². The molecule has 0 spiro atoms. The SMILES string of the molecule is COC(=O)c1ccc(Cl)cc1NC1CSc2ccccc21. The summed E-state index contributed by atoms with van der Waals surface area (Å²) in [4.78, 5) is 13.1. The number of nitrogens with one attached hydrogen (secondary N) is 1. The molecule has 0 aliphatic carbocycles. The van der Waals surface area contributed by atoms with Crippen molar-refractivity contribution in [3.8, 4) is 0 Å². The highest BCUT2D eigenvalue weighted by Crippen LogP contribution is 2.40. The molecule has 3 rings (SSSR count). The number of fused-ring (bicyclic) bond motifs is 1. The number of thioether (sulfide) groups is 1. The predicted octanol–water partition coefficient (Wildman–Crippen LogP) is 4.39. The third-order valence-electron chi connectivity index (χ3n) is 3.42. The van der Waals surface area contributed by atoms with E-state index in [-0.39, 0.29) is 12.0 Å². The summed E-state index contributed by atoms with van der Waals surface area (Å²) in [6.07, 6.45) is 0. The lowest BCUT2D eigenvalue weighted by atomic mass is 10.1. The van der Waals surface area contributed by atoms with E-state index in [1.807, 2.05) is 23.9 Å². The molecule has 1 heterocycles. The van der Waals surface area contributed by atoms with Gasteiger partial charge >= 0.3 is 5.97 Å². The van der Waals surface area contributed by atoms with Gasteiger partial charge in [0.15, 0.2) is 0 Å². The van der Waals surface area contributed by atoms with Crippen LogP contribution in [-0.2, 0) is 4.74 Å². The second-order valence-electron chi connectivity index (χ2n) is 4.73. The van der Waals surface area contributed by atoms with E-state index in [2.05, 4.69) is 17.4 Å². The zero-order chi connectivity index (χ0) is 14.8. The Labute approximate surface area is 132 Å². The third kappa shape index (κ3) is 2.87. The fourth-order valence-electron chi connectivity index (χ4n) is 2.39. The van der Waals surface area contributed by atoms with Crippen LogP contribution in [0.4, 0.5) is 5.69 Å². The number of esters is 1. The molecular formula is C16H14ClNO2S. The zero-order valence-corrected chi connectivity index (χ0v) is 13.0. The topological polar surface area (TPSA) is 38.3 Å². The van der Waals surface area contributed by atoms with Crippen LogP contribution in [0.3, 0.4) is 0 Å². The van der Waals surface area contributed by atoms with Crippen LogP contribution in [0.1, 0.15) is 22.0 Å². The second kappa shape index (κ2) is 6.00. The van der Waals surface area contributed by atoms with Crippen molar-refractivity contribution in [3.63, 3.8) is 0 Å². The van der Waals surface area contributed by atoms with Crippen molar-refractivity contribution >= 4 is 35.0 Å². The molecule has 1 unspecified atom stereocenters. The highest BCUT2D eigenvalue weighted by molar-refractivity contribution is 7.99. The van der Waals surface area contributed by atoms with Crippen molar-refractivity contribution in [1.82, 2.24) is 0 Å². The first-order valence-corrected chi connectivity index (χ1v) is 7.91. The van der Waals surface area contributed by atoms with Crippen LogP contribution in [0.15, 0.2) is 47.4 Å². The Bertz CT molecular complexity index is 690. The van der Waals surface area contributed by atoms with E-state index >= 15 is 0 Å². The maximum Gasteiger partial charge on any atom is 0.339 e. The van der Waals surface area contributed by atoms with Gasteiger partial charge in [-0.1, -0.05) is 29.8 Å². The summed E-state index contributed by atoms with van der Waals surface area (Å²) in [7, 11) is 1.38. The summed E-state index contributed by atoms with van der Waals surface area (Å²) in [5.41, 5.74) is 2.45. The summed E-state index contributed by atoms with van der Waals surface area (Å²) in [6, 6.07) is 13.6. The molecule has 1 atom stereocenters. The first kappa shape index (κ1) is 14.3. The molecule has 21 heavy (non-hydrogen) atoms. The van der Waals surface area contributed by atoms with Gasteiger partial charge in [0.05, 0.1) is 24.4 Å². The van der Waals surface area contributed by atoms with Crippen LogP contribution in [0.5, 0.6) is 0 Å². The maximum absolute atomic E-state index is 11.9. The molecule has 108 valence electrons. The number of hydrogen-bond donors (Lipinski definition) is 1. The summed E-state index contributed by atoms with van der Waals surface area (Å²) in [5, 5.41) is 4.00. The fraction of sp³-hybridized carbons (Fsp3) is 0.188. The van der Waals surface area contributed by atoms with Crippen LogP contribution in [0.2, 0.25) is 5.02 Å². The van der Waals surface area contributed by atoms with Gasteiger partial charge in [-0.2, -0.15) is 0 Å². The van der Waals surface area contributed by atoms with Crippen molar-refractivity contribution < 1.29 is 9.53 Å². The standard InChI is InChI=1S/C16H14ClNO2S/c1-20-16(19)12-7-6-10(17)8-13(12)18-14-9-21-15-5-3-2-4-11(14)15/h2-8,14,18H,9H2,1H3. The number of carbonyl (C=O) groups excluding carboxylic acids is 1. The Morgan fingerprint density at radius 1 is 1.33 bits per heavy atom. The van der Waals surface area contributed by atoms with Gasteiger partial charge in [0.1, 0.15) is 0 Å². The van der Waals surface area contributed by atoms with Gasteiger partial charge in [-0.15, -0.1) is 11.8 Å².